The zero-order valence-electron chi connectivity index (χ0n) is 11.1. The van der Waals surface area contributed by atoms with Gasteiger partial charge in [-0.1, -0.05) is 18.2 Å². The Morgan fingerprint density at radius 1 is 1.37 bits per heavy atom. The molecule has 0 saturated carbocycles. The minimum Gasteiger partial charge on any atom is -0.543 e. The van der Waals surface area contributed by atoms with Crippen molar-refractivity contribution in [3.05, 3.63) is 35.9 Å². The number of carboxylic acids is 1. The first-order valence-corrected chi connectivity index (χ1v) is 5.46. The van der Waals surface area contributed by atoms with Crippen LogP contribution in [-0.2, 0) is 4.79 Å². The van der Waals surface area contributed by atoms with Crippen LogP contribution in [0.5, 0.6) is 0 Å². The molecule has 2 rings (SSSR count). The smallest absolute Gasteiger partial charge is 0.543 e. The predicted molar refractivity (Wildman–Crippen MR) is 68.2 cm³/mol. The fourth-order valence-corrected chi connectivity index (χ4v) is 1.59. The number of nitrogens with one attached hydrogen (secondary N) is 1. The Kier molecular flexibility index (Phi) is 5.47. The molecule has 0 aliphatic heterocycles. The predicted octanol–water partition coefficient (Wildman–Crippen LogP) is -1.92. The van der Waals surface area contributed by atoms with E-state index in [2.05, 4.69) is 15.5 Å². The topological polar surface area (TPSA) is 77.4 Å². The van der Waals surface area contributed by atoms with E-state index in [0.29, 0.717) is 5.82 Å². The number of fused-ring (bicyclic) bond motifs is 1. The second-order valence-corrected chi connectivity index (χ2v) is 3.94. The average molecular weight is 265 g/mol. The molecule has 2 aromatic rings. The summed E-state index contributed by atoms with van der Waals surface area (Å²) in [5.41, 5.74) is 4.37. The second-order valence-electron chi connectivity index (χ2n) is 3.94. The SMILES string of the molecule is C/C(=N\Nc1cc(C)c2ccccc2n1)C(=O)[O-].[Na+]. The van der Waals surface area contributed by atoms with Crippen molar-refractivity contribution in [2.75, 3.05) is 5.43 Å². The van der Waals surface area contributed by atoms with Crippen LogP contribution in [-0.4, -0.2) is 16.7 Å². The quantitative estimate of drug-likeness (QED) is 0.399. The number of aliphatic carboxylic acids is 1. The van der Waals surface area contributed by atoms with E-state index >= 15 is 0 Å². The van der Waals surface area contributed by atoms with Crippen LogP contribution in [0.4, 0.5) is 5.82 Å². The van der Waals surface area contributed by atoms with E-state index in [0.717, 1.165) is 16.5 Å². The number of hydrogen-bond acceptors (Lipinski definition) is 5. The summed E-state index contributed by atoms with van der Waals surface area (Å²) >= 11 is 0. The van der Waals surface area contributed by atoms with E-state index in [-0.39, 0.29) is 35.3 Å². The molecule has 0 bridgehead atoms. The number of nitrogens with zero attached hydrogens (tertiary/aromatic N) is 2. The van der Waals surface area contributed by atoms with E-state index in [1.807, 2.05) is 37.3 Å². The molecule has 6 heteroatoms. The van der Waals surface area contributed by atoms with Crippen molar-refractivity contribution < 1.29 is 39.5 Å². The van der Waals surface area contributed by atoms with Gasteiger partial charge in [0.05, 0.1) is 17.2 Å². The van der Waals surface area contributed by atoms with Gasteiger partial charge in [-0.15, -0.1) is 0 Å². The Morgan fingerprint density at radius 2 is 2.05 bits per heavy atom. The summed E-state index contributed by atoms with van der Waals surface area (Å²) in [4.78, 5) is 14.8. The van der Waals surface area contributed by atoms with Crippen LogP contribution >= 0.6 is 0 Å². The van der Waals surface area contributed by atoms with Crippen molar-refractivity contribution in [1.82, 2.24) is 4.98 Å². The second kappa shape index (κ2) is 6.65. The normalized spacial score (nSPS) is 10.9. The minimum atomic E-state index is -1.31. The molecule has 19 heavy (non-hydrogen) atoms. The van der Waals surface area contributed by atoms with E-state index in [1.54, 1.807) is 0 Å². The number of carboxylic acid groups (broad SMARTS) is 1. The zero-order valence-corrected chi connectivity index (χ0v) is 13.1. The molecule has 92 valence electrons. The summed E-state index contributed by atoms with van der Waals surface area (Å²) < 4.78 is 0. The molecule has 0 aliphatic carbocycles. The Bertz CT molecular complexity index is 641. The Balaban J connectivity index is 0.00000180. The van der Waals surface area contributed by atoms with Gasteiger partial charge in [-0.2, -0.15) is 5.10 Å². The van der Waals surface area contributed by atoms with E-state index in [1.165, 1.54) is 6.92 Å². The summed E-state index contributed by atoms with van der Waals surface area (Å²) in [5, 5.41) is 15.2. The Morgan fingerprint density at radius 3 is 2.74 bits per heavy atom. The number of carbonyl (C=O) groups is 1. The number of aromatic nitrogens is 1. The van der Waals surface area contributed by atoms with Gasteiger partial charge >= 0.3 is 29.6 Å². The van der Waals surface area contributed by atoms with Crippen molar-refractivity contribution in [1.29, 1.82) is 0 Å². The van der Waals surface area contributed by atoms with Crippen LogP contribution in [0, 0.1) is 6.92 Å². The number of rotatable bonds is 3. The maximum Gasteiger partial charge on any atom is 1.00 e. The zero-order chi connectivity index (χ0) is 13.1. The van der Waals surface area contributed by atoms with Gasteiger partial charge in [-0.25, -0.2) is 4.98 Å². The van der Waals surface area contributed by atoms with Crippen LogP contribution in [0.3, 0.4) is 0 Å². The first-order chi connectivity index (χ1) is 8.58. The summed E-state index contributed by atoms with van der Waals surface area (Å²) in [7, 11) is 0. The number of anilines is 1. The number of aryl methyl sites for hydroxylation is 1. The van der Waals surface area contributed by atoms with Crippen LogP contribution < -0.4 is 40.1 Å². The minimum absolute atomic E-state index is 0. The van der Waals surface area contributed by atoms with Crippen molar-refractivity contribution in [3.8, 4) is 0 Å². The van der Waals surface area contributed by atoms with Gasteiger partial charge in [0.1, 0.15) is 5.82 Å². The number of carbonyl (C=O) groups excluding carboxylic acids is 1. The van der Waals surface area contributed by atoms with Gasteiger partial charge in [0, 0.05) is 5.39 Å². The van der Waals surface area contributed by atoms with Gasteiger partial charge in [0.2, 0.25) is 0 Å². The van der Waals surface area contributed by atoms with Gasteiger partial charge in [0.15, 0.2) is 0 Å². The van der Waals surface area contributed by atoms with Gasteiger partial charge in [-0.3, -0.25) is 5.43 Å². The molecule has 1 aromatic carbocycles. The number of para-hydroxylation sites is 1. The van der Waals surface area contributed by atoms with E-state index < -0.39 is 5.97 Å². The maximum absolute atomic E-state index is 10.5. The van der Waals surface area contributed by atoms with Crippen LogP contribution in [0.15, 0.2) is 35.4 Å². The Labute approximate surface area is 133 Å². The molecule has 0 atom stereocenters. The summed E-state index contributed by atoms with van der Waals surface area (Å²) in [6.45, 7) is 3.32. The number of hydrogen-bond donors (Lipinski definition) is 1. The van der Waals surface area contributed by atoms with Crippen LogP contribution in [0.1, 0.15) is 12.5 Å². The monoisotopic (exact) mass is 265 g/mol. The Hall–Kier alpha value is -1.43. The van der Waals surface area contributed by atoms with Crippen molar-refractivity contribution in [2.45, 2.75) is 13.8 Å². The fourth-order valence-electron chi connectivity index (χ4n) is 1.59. The standard InChI is InChI=1S/C13H13N3O2.Na/c1-8-7-12(16-15-9(2)13(17)18)14-11-6-4-3-5-10(8)11;/h3-7H,1-2H3,(H,14,16)(H,17,18);/q;+1/p-1/b15-9+;. The first-order valence-electron chi connectivity index (χ1n) is 5.46. The molecule has 0 radical (unpaired) electrons. The third-order valence-corrected chi connectivity index (χ3v) is 2.56. The molecule has 0 spiro atoms. The molecule has 0 saturated heterocycles. The van der Waals surface area contributed by atoms with Gasteiger partial charge < -0.3 is 9.90 Å². The third kappa shape index (κ3) is 3.76. The molecule has 5 nitrogen and oxygen atoms in total. The van der Waals surface area contributed by atoms with Gasteiger partial charge in [0.25, 0.3) is 0 Å². The number of pyridine rings is 1. The summed E-state index contributed by atoms with van der Waals surface area (Å²) in [6, 6.07) is 9.53. The van der Waals surface area contributed by atoms with E-state index in [9.17, 15) is 9.90 Å². The average Bonchev–Trinajstić information content (AvgIpc) is 2.36. The molecule has 0 amide bonds. The van der Waals surface area contributed by atoms with E-state index in [4.69, 9.17) is 0 Å². The summed E-state index contributed by atoms with van der Waals surface area (Å²) in [5.74, 6) is -0.799. The van der Waals surface area contributed by atoms with Crippen molar-refractivity contribution >= 4 is 28.4 Å². The van der Waals surface area contributed by atoms with Crippen molar-refractivity contribution in [3.63, 3.8) is 0 Å². The van der Waals surface area contributed by atoms with Crippen LogP contribution in [0.25, 0.3) is 10.9 Å². The summed E-state index contributed by atoms with van der Waals surface area (Å²) in [6.07, 6.45) is 0. The molecule has 1 N–H and O–H groups in total. The molecule has 1 heterocycles. The molecule has 1 aromatic heterocycles. The number of hydrazone groups is 1. The molecule has 0 unspecified atom stereocenters. The fraction of sp³-hybridized carbons (Fsp3) is 0.154. The van der Waals surface area contributed by atoms with Crippen LogP contribution in [0.2, 0.25) is 0 Å². The third-order valence-electron chi connectivity index (χ3n) is 2.56. The maximum atomic E-state index is 10.5. The first kappa shape index (κ1) is 15.6. The molecular formula is C13H12N3NaO2. The molecule has 0 fully saturated rings. The van der Waals surface area contributed by atoms with Gasteiger partial charge in [-0.05, 0) is 31.5 Å². The molecular weight excluding hydrogens is 253 g/mol. The number of benzene rings is 1. The molecule has 0 aliphatic rings. The largest absolute Gasteiger partial charge is 1.00 e. The van der Waals surface area contributed by atoms with Crippen molar-refractivity contribution in [2.24, 2.45) is 5.10 Å².